The number of nitrogens with one attached hydrogen (secondary N) is 1. The van der Waals surface area contributed by atoms with Crippen molar-refractivity contribution in [1.29, 1.82) is 0 Å². The second-order valence-electron chi connectivity index (χ2n) is 3.48. The number of amides is 1. The Kier molecular flexibility index (Phi) is 3.46. The van der Waals surface area contributed by atoms with Gasteiger partial charge < -0.3 is 15.0 Å². The van der Waals surface area contributed by atoms with Crippen LogP contribution in [0.3, 0.4) is 0 Å². The highest BCUT2D eigenvalue weighted by atomic mass is 16.6. The van der Waals surface area contributed by atoms with E-state index < -0.39 is 22.8 Å². The van der Waals surface area contributed by atoms with E-state index in [-0.39, 0.29) is 11.4 Å². The van der Waals surface area contributed by atoms with Crippen molar-refractivity contribution >= 4 is 17.6 Å². The zero-order valence-corrected chi connectivity index (χ0v) is 9.21. The number of nitro groups is 1. The van der Waals surface area contributed by atoms with E-state index in [1.54, 1.807) is 0 Å². The molecule has 1 aromatic rings. The number of aryl methyl sites for hydroxylation is 1. The molecule has 0 aliphatic carbocycles. The number of aromatic nitrogens is 1. The summed E-state index contributed by atoms with van der Waals surface area (Å²) in [4.78, 5) is 32.0. The monoisotopic (exact) mass is 241 g/mol. The molecule has 0 radical (unpaired) electrons. The highest BCUT2D eigenvalue weighted by molar-refractivity contribution is 5.95. The summed E-state index contributed by atoms with van der Waals surface area (Å²) in [6, 6.07) is 0.0284. The van der Waals surface area contributed by atoms with Gasteiger partial charge in [-0.25, -0.2) is 0 Å². The molecule has 0 saturated heterocycles. The maximum Gasteiger partial charge on any atom is 0.325 e. The molecule has 92 valence electrons. The Hall–Kier alpha value is -2.38. The molecule has 2 N–H and O–H groups in total. The minimum absolute atomic E-state index is 0.0322. The molecular weight excluding hydrogens is 230 g/mol. The first-order valence-corrected chi connectivity index (χ1v) is 4.67. The van der Waals surface area contributed by atoms with Gasteiger partial charge >= 0.3 is 5.97 Å². The van der Waals surface area contributed by atoms with Crippen LogP contribution < -0.4 is 5.32 Å². The van der Waals surface area contributed by atoms with E-state index in [0.29, 0.717) is 0 Å². The van der Waals surface area contributed by atoms with Gasteiger partial charge in [-0.15, -0.1) is 0 Å². The molecular formula is C9H11N3O5. The first-order valence-electron chi connectivity index (χ1n) is 4.67. The lowest BCUT2D eigenvalue weighted by atomic mass is 10.3. The molecule has 0 saturated carbocycles. The second kappa shape index (κ2) is 4.64. The lowest BCUT2D eigenvalue weighted by Gasteiger charge is -2.08. The van der Waals surface area contributed by atoms with Crippen molar-refractivity contribution in [3.8, 4) is 0 Å². The summed E-state index contributed by atoms with van der Waals surface area (Å²) in [5.74, 6) is -1.85. The topological polar surface area (TPSA) is 114 Å². The molecule has 8 heteroatoms. The summed E-state index contributed by atoms with van der Waals surface area (Å²) in [5, 5.41) is 21.3. The number of carboxylic acid groups (broad SMARTS) is 1. The maximum absolute atomic E-state index is 11.6. The number of aliphatic carboxylic acids is 1. The van der Waals surface area contributed by atoms with Crippen LogP contribution in [-0.2, 0) is 11.8 Å². The first kappa shape index (κ1) is 12.7. The van der Waals surface area contributed by atoms with Crippen LogP contribution in [0.2, 0.25) is 0 Å². The van der Waals surface area contributed by atoms with E-state index in [1.165, 1.54) is 24.7 Å². The van der Waals surface area contributed by atoms with Gasteiger partial charge in [-0.05, 0) is 6.92 Å². The van der Waals surface area contributed by atoms with E-state index in [4.69, 9.17) is 5.11 Å². The zero-order valence-electron chi connectivity index (χ0n) is 9.21. The predicted molar refractivity (Wildman–Crippen MR) is 56.6 cm³/mol. The molecule has 1 heterocycles. The maximum atomic E-state index is 11.6. The van der Waals surface area contributed by atoms with Gasteiger partial charge in [0.2, 0.25) is 0 Å². The van der Waals surface area contributed by atoms with Crippen molar-refractivity contribution in [3.63, 3.8) is 0 Å². The van der Waals surface area contributed by atoms with Gasteiger partial charge in [0.1, 0.15) is 11.7 Å². The van der Waals surface area contributed by atoms with Crippen molar-refractivity contribution in [2.75, 3.05) is 0 Å². The number of carboxylic acids is 1. The Bertz CT molecular complexity index is 479. The summed E-state index contributed by atoms with van der Waals surface area (Å²) >= 11 is 0. The molecule has 0 spiro atoms. The molecule has 0 aliphatic rings. The van der Waals surface area contributed by atoms with Gasteiger partial charge in [-0.2, -0.15) is 0 Å². The quantitative estimate of drug-likeness (QED) is 0.574. The molecule has 0 aliphatic heterocycles. The minimum atomic E-state index is -1.18. The normalized spacial score (nSPS) is 11.9. The third kappa shape index (κ3) is 2.80. The largest absolute Gasteiger partial charge is 0.480 e. The third-order valence-electron chi connectivity index (χ3n) is 2.15. The van der Waals surface area contributed by atoms with Gasteiger partial charge in [-0.3, -0.25) is 19.7 Å². The highest BCUT2D eigenvalue weighted by Gasteiger charge is 2.20. The van der Waals surface area contributed by atoms with Crippen LogP contribution >= 0.6 is 0 Å². The number of hydrogen-bond acceptors (Lipinski definition) is 4. The molecule has 0 unspecified atom stereocenters. The summed E-state index contributed by atoms with van der Waals surface area (Å²) < 4.78 is 1.27. The molecule has 0 aromatic carbocycles. The number of hydrogen-bond donors (Lipinski definition) is 2. The zero-order chi connectivity index (χ0) is 13.2. The van der Waals surface area contributed by atoms with Crippen LogP contribution in [0.4, 0.5) is 5.69 Å². The Morgan fingerprint density at radius 2 is 2.18 bits per heavy atom. The summed E-state index contributed by atoms with van der Waals surface area (Å²) in [5.41, 5.74) is -0.189. The number of nitrogens with zero attached hydrogens (tertiary/aromatic N) is 2. The molecule has 1 aromatic heterocycles. The van der Waals surface area contributed by atoms with Crippen LogP contribution in [0.25, 0.3) is 0 Å². The molecule has 1 rings (SSSR count). The van der Waals surface area contributed by atoms with E-state index in [0.717, 1.165) is 6.07 Å². The summed E-state index contributed by atoms with van der Waals surface area (Å²) in [6.45, 7) is 1.30. The van der Waals surface area contributed by atoms with Crippen LogP contribution in [0, 0.1) is 10.1 Å². The molecule has 17 heavy (non-hydrogen) atoms. The van der Waals surface area contributed by atoms with Crippen molar-refractivity contribution in [3.05, 3.63) is 28.1 Å². The van der Waals surface area contributed by atoms with Crippen molar-refractivity contribution < 1.29 is 19.6 Å². The fraction of sp³-hybridized carbons (Fsp3) is 0.333. The van der Waals surface area contributed by atoms with Gasteiger partial charge in [0.15, 0.2) is 0 Å². The van der Waals surface area contributed by atoms with E-state index in [1.807, 2.05) is 0 Å². The van der Waals surface area contributed by atoms with Gasteiger partial charge in [0.25, 0.3) is 11.6 Å². The average molecular weight is 241 g/mol. The number of rotatable bonds is 4. The number of carbonyl (C=O) groups excluding carboxylic acids is 1. The van der Waals surface area contributed by atoms with Crippen LogP contribution in [0.15, 0.2) is 12.3 Å². The van der Waals surface area contributed by atoms with E-state index in [9.17, 15) is 19.7 Å². The van der Waals surface area contributed by atoms with Crippen molar-refractivity contribution in [2.45, 2.75) is 13.0 Å². The molecule has 0 bridgehead atoms. The summed E-state index contributed by atoms with van der Waals surface area (Å²) in [6.07, 6.45) is 1.18. The molecule has 1 amide bonds. The van der Waals surface area contributed by atoms with E-state index in [2.05, 4.69) is 5.32 Å². The Labute approximate surface area is 96.0 Å². The predicted octanol–water partition coefficient (Wildman–Crippen LogP) is 0.136. The van der Waals surface area contributed by atoms with Gasteiger partial charge in [-0.1, -0.05) is 0 Å². The standard InChI is InChI=1S/C9H11N3O5/c1-5(9(14)15)10-8(13)7-3-6(12(16)17)4-11(7)2/h3-5H,1-2H3,(H,10,13)(H,14,15)/t5-/m1/s1. The fourth-order valence-corrected chi connectivity index (χ4v) is 1.20. The Morgan fingerprint density at radius 3 is 2.59 bits per heavy atom. The van der Waals surface area contributed by atoms with Crippen LogP contribution in [0.1, 0.15) is 17.4 Å². The van der Waals surface area contributed by atoms with E-state index >= 15 is 0 Å². The van der Waals surface area contributed by atoms with Crippen LogP contribution in [0.5, 0.6) is 0 Å². The fourth-order valence-electron chi connectivity index (χ4n) is 1.20. The molecule has 0 fully saturated rings. The van der Waals surface area contributed by atoms with Crippen molar-refractivity contribution in [1.82, 2.24) is 9.88 Å². The Balaban J connectivity index is 2.89. The number of carbonyl (C=O) groups is 2. The molecule has 8 nitrogen and oxygen atoms in total. The smallest absolute Gasteiger partial charge is 0.325 e. The second-order valence-corrected chi connectivity index (χ2v) is 3.48. The van der Waals surface area contributed by atoms with Gasteiger partial charge in [0.05, 0.1) is 11.1 Å². The Morgan fingerprint density at radius 1 is 1.59 bits per heavy atom. The first-order chi connectivity index (χ1) is 7.82. The van der Waals surface area contributed by atoms with Crippen LogP contribution in [-0.4, -0.2) is 32.5 Å². The minimum Gasteiger partial charge on any atom is -0.480 e. The SMILES string of the molecule is C[C@@H](NC(=O)c1cc([N+](=O)[O-])cn1C)C(=O)O. The van der Waals surface area contributed by atoms with Gasteiger partial charge in [0, 0.05) is 13.1 Å². The highest BCUT2D eigenvalue weighted by Crippen LogP contribution is 2.15. The lowest BCUT2D eigenvalue weighted by Crippen LogP contribution is -2.38. The van der Waals surface area contributed by atoms with Crippen molar-refractivity contribution in [2.24, 2.45) is 7.05 Å². The summed E-state index contributed by atoms with van der Waals surface area (Å²) in [7, 11) is 1.47. The average Bonchev–Trinajstić information content (AvgIpc) is 2.60. The lowest BCUT2D eigenvalue weighted by molar-refractivity contribution is -0.384. The third-order valence-corrected chi connectivity index (χ3v) is 2.15. The molecule has 1 atom stereocenters.